The van der Waals surface area contributed by atoms with Crippen LogP contribution in [0.1, 0.15) is 32.3 Å². The molecule has 0 bridgehead atoms. The molecule has 0 radical (unpaired) electrons. The van der Waals surface area contributed by atoms with Gasteiger partial charge in [0.25, 0.3) is 0 Å². The molecule has 0 aliphatic heterocycles. The van der Waals surface area contributed by atoms with Crippen LogP contribution in [-0.2, 0) is 6.54 Å². The predicted octanol–water partition coefficient (Wildman–Crippen LogP) is 6.46. The summed E-state index contributed by atoms with van der Waals surface area (Å²) in [5.74, 6) is 0. The number of anilines is 1. The second kappa shape index (κ2) is 8.30. The number of rotatable bonds is 7. The van der Waals surface area contributed by atoms with E-state index in [2.05, 4.69) is 90.2 Å². The van der Waals surface area contributed by atoms with Crippen molar-refractivity contribution in [3.63, 3.8) is 0 Å². The fraction of sp³-hybridized carbons (Fsp3) is 0.240. The van der Waals surface area contributed by atoms with E-state index in [0.29, 0.717) is 0 Å². The van der Waals surface area contributed by atoms with Crippen molar-refractivity contribution in [3.8, 4) is 0 Å². The average Bonchev–Trinajstić information content (AvgIpc) is 3.07. The molecule has 0 amide bonds. The lowest BCUT2D eigenvalue weighted by Gasteiger charge is -2.18. The van der Waals surface area contributed by atoms with Gasteiger partial charge in [-0.15, -0.1) is 0 Å². The van der Waals surface area contributed by atoms with E-state index in [9.17, 15) is 0 Å². The standard InChI is InChI=1S/C25H27N3/c1-3-5-17-28(21-11-7-6-8-12-21)26-19-20-15-16-25-23(18-20)22-13-9-10-14-24(22)27(25)4-2/h6-16,18-19H,3-5,17H2,1-2H3. The Morgan fingerprint density at radius 3 is 2.39 bits per heavy atom. The van der Waals surface area contributed by atoms with Gasteiger partial charge in [0.2, 0.25) is 0 Å². The van der Waals surface area contributed by atoms with Crippen LogP contribution in [0.2, 0.25) is 0 Å². The molecule has 28 heavy (non-hydrogen) atoms. The van der Waals surface area contributed by atoms with Gasteiger partial charge in [0.05, 0.1) is 11.9 Å². The second-order valence-corrected chi connectivity index (χ2v) is 7.09. The highest BCUT2D eigenvalue weighted by molar-refractivity contribution is 6.09. The van der Waals surface area contributed by atoms with Crippen molar-refractivity contribution in [1.82, 2.24) is 4.57 Å². The Bertz CT molecular complexity index is 1090. The van der Waals surface area contributed by atoms with E-state index in [4.69, 9.17) is 5.10 Å². The summed E-state index contributed by atoms with van der Waals surface area (Å²) in [7, 11) is 0. The molecule has 3 aromatic carbocycles. The maximum atomic E-state index is 4.82. The summed E-state index contributed by atoms with van der Waals surface area (Å²) in [5.41, 5.74) is 4.84. The van der Waals surface area contributed by atoms with E-state index in [1.54, 1.807) is 0 Å². The lowest BCUT2D eigenvalue weighted by atomic mass is 10.1. The first-order valence-corrected chi connectivity index (χ1v) is 10.2. The number of hydrogen-bond acceptors (Lipinski definition) is 2. The summed E-state index contributed by atoms with van der Waals surface area (Å²) in [4.78, 5) is 0. The average molecular weight is 370 g/mol. The van der Waals surface area contributed by atoms with Crippen LogP contribution in [0.5, 0.6) is 0 Å². The molecule has 4 aromatic rings. The molecule has 1 heterocycles. The number of benzene rings is 3. The zero-order chi connectivity index (χ0) is 19.3. The molecule has 0 aliphatic rings. The van der Waals surface area contributed by atoms with Crippen LogP contribution in [0.25, 0.3) is 21.8 Å². The lowest BCUT2D eigenvalue weighted by molar-refractivity contribution is 0.741. The lowest BCUT2D eigenvalue weighted by Crippen LogP contribution is -2.17. The molecule has 0 aliphatic carbocycles. The predicted molar refractivity (Wildman–Crippen MR) is 121 cm³/mol. The summed E-state index contributed by atoms with van der Waals surface area (Å²) in [5, 5.41) is 9.52. The van der Waals surface area contributed by atoms with E-state index in [-0.39, 0.29) is 0 Å². The minimum absolute atomic E-state index is 0.925. The van der Waals surface area contributed by atoms with Crippen LogP contribution in [0.3, 0.4) is 0 Å². The highest BCUT2D eigenvalue weighted by Gasteiger charge is 2.09. The third-order valence-electron chi connectivity index (χ3n) is 5.24. The van der Waals surface area contributed by atoms with E-state index in [1.807, 2.05) is 12.3 Å². The van der Waals surface area contributed by atoms with Crippen molar-refractivity contribution in [1.29, 1.82) is 0 Å². The van der Waals surface area contributed by atoms with Crippen LogP contribution < -0.4 is 5.01 Å². The van der Waals surface area contributed by atoms with E-state index in [1.165, 1.54) is 21.8 Å². The van der Waals surface area contributed by atoms with Gasteiger partial charge in [-0.1, -0.05) is 55.8 Å². The maximum absolute atomic E-state index is 4.82. The van der Waals surface area contributed by atoms with Crippen molar-refractivity contribution >= 4 is 33.7 Å². The largest absolute Gasteiger partial charge is 0.341 e. The number of para-hydroxylation sites is 2. The molecule has 0 spiro atoms. The third-order valence-corrected chi connectivity index (χ3v) is 5.24. The summed E-state index contributed by atoms with van der Waals surface area (Å²) in [6.07, 6.45) is 4.26. The van der Waals surface area contributed by atoms with Crippen molar-refractivity contribution in [2.45, 2.75) is 33.2 Å². The quantitative estimate of drug-likeness (QED) is 0.271. The maximum Gasteiger partial charge on any atom is 0.0593 e. The second-order valence-electron chi connectivity index (χ2n) is 7.09. The normalized spacial score (nSPS) is 11.6. The number of unbranched alkanes of at least 4 members (excludes halogenated alkanes) is 1. The van der Waals surface area contributed by atoms with Crippen molar-refractivity contribution in [2.24, 2.45) is 5.10 Å². The van der Waals surface area contributed by atoms with Gasteiger partial charge in [-0.05, 0) is 49.2 Å². The topological polar surface area (TPSA) is 20.5 Å². The number of aromatic nitrogens is 1. The number of hydrazone groups is 1. The Balaban J connectivity index is 1.71. The molecule has 4 rings (SSSR count). The first kappa shape index (κ1) is 18.3. The molecule has 0 N–H and O–H groups in total. The number of nitrogens with zero attached hydrogens (tertiary/aromatic N) is 3. The molecule has 0 saturated carbocycles. The molecule has 3 heteroatoms. The minimum Gasteiger partial charge on any atom is -0.341 e. The summed E-state index contributed by atoms with van der Waals surface area (Å²) in [6, 6.07) is 25.7. The van der Waals surface area contributed by atoms with Crippen LogP contribution in [0.4, 0.5) is 5.69 Å². The summed E-state index contributed by atoms with van der Waals surface area (Å²) < 4.78 is 2.38. The van der Waals surface area contributed by atoms with Gasteiger partial charge in [0, 0.05) is 34.9 Å². The monoisotopic (exact) mass is 369 g/mol. The van der Waals surface area contributed by atoms with Gasteiger partial charge >= 0.3 is 0 Å². The van der Waals surface area contributed by atoms with E-state index >= 15 is 0 Å². The molecule has 0 fully saturated rings. The fourth-order valence-electron chi connectivity index (χ4n) is 3.79. The highest BCUT2D eigenvalue weighted by Crippen LogP contribution is 2.29. The Labute approximate surface area is 166 Å². The van der Waals surface area contributed by atoms with Crippen molar-refractivity contribution in [3.05, 3.63) is 78.4 Å². The first-order chi connectivity index (χ1) is 13.8. The van der Waals surface area contributed by atoms with Crippen LogP contribution >= 0.6 is 0 Å². The van der Waals surface area contributed by atoms with Crippen LogP contribution in [0, 0.1) is 0 Å². The zero-order valence-corrected chi connectivity index (χ0v) is 16.7. The molecule has 0 unspecified atom stereocenters. The number of fused-ring (bicyclic) bond motifs is 3. The fourth-order valence-corrected chi connectivity index (χ4v) is 3.79. The van der Waals surface area contributed by atoms with Gasteiger partial charge in [-0.3, -0.25) is 5.01 Å². The van der Waals surface area contributed by atoms with Gasteiger partial charge in [-0.2, -0.15) is 5.10 Å². The van der Waals surface area contributed by atoms with Gasteiger partial charge in [0.15, 0.2) is 0 Å². The molecular weight excluding hydrogens is 342 g/mol. The summed E-state index contributed by atoms with van der Waals surface area (Å²) >= 11 is 0. The molecular formula is C25H27N3. The highest BCUT2D eigenvalue weighted by atomic mass is 15.4. The Hall–Kier alpha value is -3.07. The Morgan fingerprint density at radius 1 is 0.857 bits per heavy atom. The number of aryl methyl sites for hydroxylation is 1. The first-order valence-electron chi connectivity index (χ1n) is 10.2. The summed E-state index contributed by atoms with van der Waals surface area (Å²) in [6.45, 7) is 6.31. The zero-order valence-electron chi connectivity index (χ0n) is 16.7. The SMILES string of the molecule is CCCCN(N=Cc1ccc2c(c1)c1ccccc1n2CC)c1ccccc1. The minimum atomic E-state index is 0.925. The molecule has 1 aromatic heterocycles. The van der Waals surface area contributed by atoms with Gasteiger partial charge < -0.3 is 4.57 Å². The van der Waals surface area contributed by atoms with Crippen LogP contribution in [-0.4, -0.2) is 17.3 Å². The third kappa shape index (κ3) is 3.53. The molecule has 0 atom stereocenters. The Morgan fingerprint density at radius 2 is 1.61 bits per heavy atom. The van der Waals surface area contributed by atoms with Crippen LogP contribution in [0.15, 0.2) is 77.9 Å². The van der Waals surface area contributed by atoms with Crippen molar-refractivity contribution < 1.29 is 0 Å². The van der Waals surface area contributed by atoms with E-state index in [0.717, 1.165) is 37.2 Å². The van der Waals surface area contributed by atoms with Gasteiger partial charge in [0.1, 0.15) is 0 Å². The van der Waals surface area contributed by atoms with Gasteiger partial charge in [-0.25, -0.2) is 0 Å². The van der Waals surface area contributed by atoms with E-state index < -0.39 is 0 Å². The molecule has 142 valence electrons. The molecule has 3 nitrogen and oxygen atoms in total. The molecule has 0 saturated heterocycles. The Kier molecular flexibility index (Phi) is 5.43. The number of hydrogen-bond donors (Lipinski definition) is 0. The smallest absolute Gasteiger partial charge is 0.0593 e. The van der Waals surface area contributed by atoms with Crippen molar-refractivity contribution in [2.75, 3.05) is 11.6 Å².